The van der Waals surface area contributed by atoms with Crippen LogP contribution in [0.3, 0.4) is 0 Å². The third-order valence-corrected chi connectivity index (χ3v) is 11.2. The molecule has 0 saturated heterocycles. The van der Waals surface area contributed by atoms with E-state index in [0.717, 1.165) is 31.2 Å². The molecule has 1 aromatic carbocycles. The molecule has 180 valence electrons. The molecule has 3 saturated carbocycles. The zero-order chi connectivity index (χ0) is 23.6. The lowest BCUT2D eigenvalue weighted by Crippen LogP contribution is -2.54. The van der Waals surface area contributed by atoms with Crippen molar-refractivity contribution in [3.8, 4) is 0 Å². The Balaban J connectivity index is 1.34. The number of ketones is 1. The van der Waals surface area contributed by atoms with Crippen molar-refractivity contribution in [2.75, 3.05) is 0 Å². The molecule has 4 aliphatic carbocycles. The maximum atomic E-state index is 12.7. The first-order chi connectivity index (χ1) is 15.5. The van der Waals surface area contributed by atoms with Crippen LogP contribution in [0.4, 0.5) is 0 Å². The smallest absolute Gasteiger partial charge is 0.169 e. The molecule has 0 aromatic heterocycles. The van der Waals surface area contributed by atoms with Gasteiger partial charge in [-0.05, 0) is 91.7 Å². The lowest BCUT2D eigenvalue weighted by atomic mass is 9.45. The molecular formula is C29H39ClO3. The van der Waals surface area contributed by atoms with E-state index in [9.17, 15) is 9.90 Å². The Labute approximate surface area is 203 Å². The summed E-state index contributed by atoms with van der Waals surface area (Å²) in [7, 11) is 0. The maximum Gasteiger partial charge on any atom is 0.169 e. The van der Waals surface area contributed by atoms with E-state index in [1.807, 2.05) is 31.2 Å². The van der Waals surface area contributed by atoms with Crippen LogP contribution >= 0.6 is 11.6 Å². The van der Waals surface area contributed by atoms with Crippen LogP contribution in [-0.4, -0.2) is 16.7 Å². The Morgan fingerprint density at radius 2 is 1.76 bits per heavy atom. The van der Waals surface area contributed by atoms with Gasteiger partial charge in [0.2, 0.25) is 0 Å². The summed E-state index contributed by atoms with van der Waals surface area (Å²) in [5.41, 5.74) is 2.51. The number of rotatable bonds is 4. The fourth-order valence-electron chi connectivity index (χ4n) is 8.39. The first-order valence-electron chi connectivity index (χ1n) is 12.8. The van der Waals surface area contributed by atoms with Crippen LogP contribution in [0.2, 0.25) is 5.02 Å². The van der Waals surface area contributed by atoms with Crippen molar-refractivity contribution >= 4 is 17.4 Å². The summed E-state index contributed by atoms with van der Waals surface area (Å²) in [6.45, 7) is 9.30. The number of hydrogen-bond acceptors (Lipinski definition) is 3. The molecule has 1 N–H and O–H groups in total. The van der Waals surface area contributed by atoms with E-state index in [0.29, 0.717) is 48.0 Å². The van der Waals surface area contributed by atoms with Crippen LogP contribution < -0.4 is 0 Å². The summed E-state index contributed by atoms with van der Waals surface area (Å²) in [5, 5.41) is 12.0. The summed E-state index contributed by atoms with van der Waals surface area (Å²) in [5.74, 6) is 1.21. The highest BCUT2D eigenvalue weighted by atomic mass is 35.5. The third-order valence-electron chi connectivity index (χ3n) is 10.9. The van der Waals surface area contributed by atoms with Crippen molar-refractivity contribution in [3.05, 3.63) is 46.5 Å². The average molecular weight is 471 g/mol. The van der Waals surface area contributed by atoms with Gasteiger partial charge in [-0.25, -0.2) is 0 Å². The summed E-state index contributed by atoms with van der Waals surface area (Å²) >= 11 is 5.99. The number of carbonyl (C=O) groups excluding carboxylic acids is 1. The monoisotopic (exact) mass is 470 g/mol. The molecule has 4 heteroatoms. The number of halogens is 1. The highest BCUT2D eigenvalue weighted by molar-refractivity contribution is 6.30. The first-order valence-corrected chi connectivity index (χ1v) is 13.2. The number of fused-ring (bicyclic) bond motifs is 5. The molecule has 0 heterocycles. The van der Waals surface area contributed by atoms with Crippen LogP contribution in [0.15, 0.2) is 35.9 Å². The lowest BCUT2D eigenvalue weighted by molar-refractivity contribution is -0.231. The Morgan fingerprint density at radius 3 is 2.45 bits per heavy atom. The summed E-state index contributed by atoms with van der Waals surface area (Å²) < 4.78 is 6.10. The number of carbonyl (C=O) groups is 1. The lowest BCUT2D eigenvalue weighted by Gasteiger charge is -2.60. The molecule has 0 bridgehead atoms. The molecule has 0 aliphatic heterocycles. The van der Waals surface area contributed by atoms with Crippen molar-refractivity contribution in [1.82, 2.24) is 0 Å². The molecule has 0 radical (unpaired) electrons. The van der Waals surface area contributed by atoms with Gasteiger partial charge in [0.05, 0.1) is 6.61 Å². The zero-order valence-corrected chi connectivity index (χ0v) is 21.4. The van der Waals surface area contributed by atoms with Crippen LogP contribution in [0.5, 0.6) is 0 Å². The second-order valence-corrected chi connectivity index (χ2v) is 12.6. The van der Waals surface area contributed by atoms with Gasteiger partial charge in [-0.2, -0.15) is 0 Å². The van der Waals surface area contributed by atoms with Crippen molar-refractivity contribution in [2.45, 2.75) is 91.5 Å². The SMILES string of the molecule is CC(=O)[C@@]1(C)CC[C@H]2[C@@H]3CC=C4C[C@](O)(OCc5ccc(Cl)cc5)CC[C@]4(C)[C@H]3CC[C@@]21C. The fraction of sp³-hybridized carbons (Fsp3) is 0.690. The first kappa shape index (κ1) is 23.6. The van der Waals surface area contributed by atoms with Crippen LogP contribution in [0.1, 0.15) is 84.6 Å². The van der Waals surface area contributed by atoms with E-state index in [4.69, 9.17) is 16.3 Å². The minimum Gasteiger partial charge on any atom is -0.365 e. The normalized spacial score (nSPS) is 44.4. The molecule has 4 aliphatic rings. The predicted octanol–water partition coefficient (Wildman–Crippen LogP) is 7.10. The van der Waals surface area contributed by atoms with Crippen LogP contribution in [0, 0.1) is 34.0 Å². The van der Waals surface area contributed by atoms with E-state index in [1.54, 1.807) is 0 Å². The molecule has 0 spiro atoms. The molecule has 3 nitrogen and oxygen atoms in total. The average Bonchev–Trinajstić information content (AvgIpc) is 3.06. The van der Waals surface area contributed by atoms with Gasteiger partial charge in [-0.15, -0.1) is 0 Å². The molecule has 33 heavy (non-hydrogen) atoms. The molecule has 0 unspecified atom stereocenters. The van der Waals surface area contributed by atoms with Crippen molar-refractivity contribution in [1.29, 1.82) is 0 Å². The Morgan fingerprint density at radius 1 is 1.06 bits per heavy atom. The number of Topliss-reactive ketones (excluding diaryl/α,β-unsaturated/α-hetero) is 1. The molecule has 5 rings (SSSR count). The predicted molar refractivity (Wildman–Crippen MR) is 132 cm³/mol. The van der Waals surface area contributed by atoms with Gasteiger partial charge in [0.1, 0.15) is 5.78 Å². The van der Waals surface area contributed by atoms with E-state index in [-0.39, 0.29) is 16.2 Å². The molecule has 7 atom stereocenters. The highest BCUT2D eigenvalue weighted by Crippen LogP contribution is 2.70. The van der Waals surface area contributed by atoms with Gasteiger partial charge >= 0.3 is 0 Å². The van der Waals surface area contributed by atoms with Gasteiger partial charge < -0.3 is 9.84 Å². The summed E-state index contributed by atoms with van der Waals surface area (Å²) in [4.78, 5) is 12.7. The molecule has 3 fully saturated rings. The zero-order valence-electron chi connectivity index (χ0n) is 20.6. The topological polar surface area (TPSA) is 46.5 Å². The van der Waals surface area contributed by atoms with E-state index >= 15 is 0 Å². The van der Waals surface area contributed by atoms with E-state index in [2.05, 4.69) is 26.8 Å². The Kier molecular flexibility index (Phi) is 5.67. The van der Waals surface area contributed by atoms with Gasteiger partial charge in [-0.1, -0.05) is 56.2 Å². The summed E-state index contributed by atoms with van der Waals surface area (Å²) in [6.07, 6.45) is 10.3. The molecule has 1 aromatic rings. The van der Waals surface area contributed by atoms with Gasteiger partial charge in [-0.3, -0.25) is 4.79 Å². The van der Waals surface area contributed by atoms with Gasteiger partial charge in [0.25, 0.3) is 0 Å². The Hall–Kier alpha value is -1.16. The number of benzene rings is 1. The number of allylic oxidation sites excluding steroid dienone is 1. The van der Waals surface area contributed by atoms with E-state index < -0.39 is 5.79 Å². The maximum absolute atomic E-state index is 12.7. The molecule has 0 amide bonds. The van der Waals surface area contributed by atoms with E-state index in [1.165, 1.54) is 18.4 Å². The third kappa shape index (κ3) is 3.56. The standard InChI is InChI=1S/C29H39ClO3/c1-19(31)27(3)13-12-25-23-10-7-21-17-29(32,33-18-20-5-8-22(30)9-6-20)16-15-26(21,2)24(23)11-14-28(25,27)4/h5-9,23-25,32H,10-18H2,1-4H3/t23-,24+,25+,26+,27-,28+,29-/m1/s1. The van der Waals surface area contributed by atoms with Crippen molar-refractivity contribution in [2.24, 2.45) is 34.0 Å². The number of aliphatic hydroxyl groups is 1. The fourth-order valence-corrected chi connectivity index (χ4v) is 8.51. The van der Waals surface area contributed by atoms with Crippen molar-refractivity contribution < 1.29 is 14.6 Å². The van der Waals surface area contributed by atoms with Crippen LogP contribution in [0.25, 0.3) is 0 Å². The quantitative estimate of drug-likeness (QED) is 0.377. The number of ether oxygens (including phenoxy) is 1. The minimum absolute atomic E-state index is 0.124. The van der Waals surface area contributed by atoms with Crippen molar-refractivity contribution in [3.63, 3.8) is 0 Å². The van der Waals surface area contributed by atoms with Gasteiger partial charge in [0.15, 0.2) is 5.79 Å². The molecular weight excluding hydrogens is 432 g/mol. The summed E-state index contributed by atoms with van der Waals surface area (Å²) in [6, 6.07) is 7.64. The second kappa shape index (κ2) is 7.93. The highest BCUT2D eigenvalue weighted by Gasteiger charge is 2.64. The Bertz CT molecular complexity index is 970. The largest absolute Gasteiger partial charge is 0.365 e. The minimum atomic E-state index is -1.10. The van der Waals surface area contributed by atoms with Gasteiger partial charge in [0, 0.05) is 23.3 Å². The van der Waals surface area contributed by atoms with Crippen LogP contribution in [-0.2, 0) is 16.1 Å². The second-order valence-electron chi connectivity index (χ2n) is 12.2. The number of hydrogen-bond donors (Lipinski definition) is 1.